The zero-order valence-corrected chi connectivity index (χ0v) is 9.64. The summed E-state index contributed by atoms with van der Waals surface area (Å²) < 4.78 is 26.4. The number of rotatable bonds is 5. The van der Waals surface area contributed by atoms with Crippen LogP contribution in [-0.2, 0) is 0 Å². The van der Waals surface area contributed by atoms with E-state index >= 15 is 0 Å². The average Bonchev–Trinajstić information content (AvgIpc) is 2.20. The molecule has 0 aliphatic carbocycles. The minimum atomic E-state index is -0.696. The fourth-order valence-electron chi connectivity index (χ4n) is 1.16. The van der Waals surface area contributed by atoms with Crippen molar-refractivity contribution in [3.8, 4) is 0 Å². The Hall–Kier alpha value is -1.43. The molecule has 1 aromatic heterocycles. The largest absolute Gasteiger partial charge is 0.371 e. The number of hydrogen-bond donors (Lipinski definition) is 2. The van der Waals surface area contributed by atoms with Gasteiger partial charge in [0.05, 0.1) is 0 Å². The quantitative estimate of drug-likeness (QED) is 0.801. The molecule has 2 N–H and O–H groups in total. The molecule has 0 radical (unpaired) electrons. The zero-order valence-electron chi connectivity index (χ0n) is 9.64. The van der Waals surface area contributed by atoms with E-state index < -0.39 is 11.6 Å². The molecule has 0 atom stereocenters. The van der Waals surface area contributed by atoms with Crippen molar-refractivity contribution in [3.63, 3.8) is 0 Å². The highest BCUT2D eigenvalue weighted by Gasteiger charge is 2.10. The molecule has 1 heterocycles. The number of hydrogen-bond acceptors (Lipinski definition) is 4. The fourth-order valence-corrected chi connectivity index (χ4v) is 1.16. The van der Waals surface area contributed by atoms with Crippen LogP contribution in [0, 0.1) is 11.6 Å². The molecule has 0 spiro atoms. The van der Waals surface area contributed by atoms with Gasteiger partial charge in [-0.2, -0.15) is 0 Å². The second-order valence-corrected chi connectivity index (χ2v) is 3.63. The fraction of sp³-hybridized carbons (Fsp3) is 0.500. The van der Waals surface area contributed by atoms with Crippen LogP contribution >= 0.6 is 0 Å². The summed E-state index contributed by atoms with van der Waals surface area (Å²) in [7, 11) is 5.36. The molecule has 4 nitrogen and oxygen atoms in total. The lowest BCUT2D eigenvalue weighted by molar-refractivity contribution is 0.424. The molecule has 90 valence electrons. The van der Waals surface area contributed by atoms with E-state index in [-0.39, 0.29) is 11.6 Å². The molecule has 0 unspecified atom stereocenters. The number of anilines is 2. The molecule has 0 saturated carbocycles. The smallest absolute Gasteiger partial charge is 0.168 e. The Morgan fingerprint density at radius 3 is 2.44 bits per heavy atom. The standard InChI is InChI=1S/C10H16F2N4/c1-13-9-7(11)6-8(12)10(15-9)14-4-5-16(2)3/h6H,4-5H2,1-3H3,(H2,13,14,15). The predicted octanol–water partition coefficient (Wildman–Crippen LogP) is 1.38. The van der Waals surface area contributed by atoms with E-state index in [0.717, 1.165) is 12.6 Å². The molecule has 0 bridgehead atoms. The first-order valence-electron chi connectivity index (χ1n) is 4.97. The van der Waals surface area contributed by atoms with Crippen molar-refractivity contribution in [1.82, 2.24) is 9.88 Å². The van der Waals surface area contributed by atoms with Crippen molar-refractivity contribution in [2.75, 3.05) is 44.9 Å². The molecule has 0 aliphatic rings. The van der Waals surface area contributed by atoms with Crippen molar-refractivity contribution >= 4 is 11.6 Å². The first-order valence-corrected chi connectivity index (χ1v) is 4.97. The molecule has 0 aliphatic heterocycles. The number of pyridine rings is 1. The van der Waals surface area contributed by atoms with Gasteiger partial charge in [-0.25, -0.2) is 13.8 Å². The number of nitrogens with one attached hydrogen (secondary N) is 2. The highest BCUT2D eigenvalue weighted by Crippen LogP contribution is 2.18. The minimum absolute atomic E-state index is 0.0359. The van der Waals surface area contributed by atoms with Crippen LogP contribution in [0.15, 0.2) is 6.07 Å². The molecule has 0 aromatic carbocycles. The lowest BCUT2D eigenvalue weighted by Crippen LogP contribution is -2.21. The molecular formula is C10H16F2N4. The third-order valence-corrected chi connectivity index (χ3v) is 2.02. The van der Waals surface area contributed by atoms with E-state index in [0.29, 0.717) is 6.54 Å². The Balaban J connectivity index is 2.72. The van der Waals surface area contributed by atoms with Crippen LogP contribution in [0.1, 0.15) is 0 Å². The van der Waals surface area contributed by atoms with Crippen LogP contribution in [0.25, 0.3) is 0 Å². The van der Waals surface area contributed by atoms with Crippen molar-refractivity contribution in [1.29, 1.82) is 0 Å². The minimum Gasteiger partial charge on any atom is -0.371 e. The Morgan fingerprint density at radius 1 is 1.25 bits per heavy atom. The first-order chi connectivity index (χ1) is 7.54. The van der Waals surface area contributed by atoms with E-state index in [1.807, 2.05) is 19.0 Å². The van der Waals surface area contributed by atoms with Crippen molar-refractivity contribution < 1.29 is 8.78 Å². The van der Waals surface area contributed by atoms with Gasteiger partial charge in [-0.15, -0.1) is 0 Å². The van der Waals surface area contributed by atoms with Gasteiger partial charge < -0.3 is 15.5 Å². The maximum absolute atomic E-state index is 13.3. The molecule has 16 heavy (non-hydrogen) atoms. The molecule has 1 rings (SSSR count). The van der Waals surface area contributed by atoms with Crippen LogP contribution in [0.5, 0.6) is 0 Å². The van der Waals surface area contributed by atoms with Gasteiger partial charge in [-0.05, 0) is 14.1 Å². The molecule has 0 amide bonds. The highest BCUT2D eigenvalue weighted by atomic mass is 19.1. The summed E-state index contributed by atoms with van der Waals surface area (Å²) in [6.07, 6.45) is 0. The van der Waals surface area contributed by atoms with Gasteiger partial charge in [0.2, 0.25) is 0 Å². The van der Waals surface area contributed by atoms with Crippen LogP contribution in [0.3, 0.4) is 0 Å². The topological polar surface area (TPSA) is 40.2 Å². The average molecular weight is 230 g/mol. The van der Waals surface area contributed by atoms with Crippen molar-refractivity contribution in [2.45, 2.75) is 0 Å². The van der Waals surface area contributed by atoms with Gasteiger partial charge >= 0.3 is 0 Å². The van der Waals surface area contributed by atoms with Crippen molar-refractivity contribution in [2.24, 2.45) is 0 Å². The summed E-state index contributed by atoms with van der Waals surface area (Å²) in [6.45, 7) is 1.29. The zero-order chi connectivity index (χ0) is 12.1. The first kappa shape index (κ1) is 12.6. The van der Waals surface area contributed by atoms with Crippen LogP contribution < -0.4 is 10.6 Å². The van der Waals surface area contributed by atoms with Gasteiger partial charge in [-0.3, -0.25) is 0 Å². The summed E-state index contributed by atoms with van der Waals surface area (Å²) in [5.74, 6) is -1.28. The van der Waals surface area contributed by atoms with E-state index in [4.69, 9.17) is 0 Å². The SMILES string of the molecule is CNc1nc(NCCN(C)C)c(F)cc1F. The third-order valence-electron chi connectivity index (χ3n) is 2.02. The highest BCUT2D eigenvalue weighted by molar-refractivity contribution is 5.47. The molecular weight excluding hydrogens is 214 g/mol. The summed E-state index contributed by atoms with van der Waals surface area (Å²) in [5, 5.41) is 5.37. The Morgan fingerprint density at radius 2 is 1.88 bits per heavy atom. The Kier molecular flexibility index (Phi) is 4.42. The summed E-state index contributed by atoms with van der Waals surface area (Å²) >= 11 is 0. The van der Waals surface area contributed by atoms with Crippen LogP contribution in [-0.4, -0.2) is 44.1 Å². The van der Waals surface area contributed by atoms with Gasteiger partial charge in [0.25, 0.3) is 0 Å². The maximum Gasteiger partial charge on any atom is 0.168 e. The van der Waals surface area contributed by atoms with Crippen molar-refractivity contribution in [3.05, 3.63) is 17.7 Å². The second-order valence-electron chi connectivity index (χ2n) is 3.63. The molecule has 6 heteroatoms. The predicted molar refractivity (Wildman–Crippen MR) is 60.7 cm³/mol. The van der Waals surface area contributed by atoms with Gasteiger partial charge in [-0.1, -0.05) is 0 Å². The lowest BCUT2D eigenvalue weighted by Gasteiger charge is -2.12. The molecule has 1 aromatic rings. The number of halogens is 2. The lowest BCUT2D eigenvalue weighted by atomic mass is 10.4. The number of likely N-dealkylation sites (N-methyl/N-ethyl adjacent to an activating group) is 1. The van der Waals surface area contributed by atoms with Gasteiger partial charge in [0.1, 0.15) is 0 Å². The van der Waals surface area contributed by atoms with E-state index in [2.05, 4.69) is 15.6 Å². The van der Waals surface area contributed by atoms with E-state index in [9.17, 15) is 8.78 Å². The van der Waals surface area contributed by atoms with Crippen LogP contribution in [0.4, 0.5) is 20.4 Å². The number of aromatic nitrogens is 1. The normalized spacial score (nSPS) is 10.6. The number of nitrogens with zero attached hydrogens (tertiary/aromatic N) is 2. The monoisotopic (exact) mass is 230 g/mol. The second kappa shape index (κ2) is 5.60. The van der Waals surface area contributed by atoms with Gasteiger partial charge in [0.15, 0.2) is 23.3 Å². The van der Waals surface area contributed by atoms with E-state index in [1.54, 1.807) is 0 Å². The van der Waals surface area contributed by atoms with Gasteiger partial charge in [0, 0.05) is 26.2 Å². The summed E-state index contributed by atoms with van der Waals surface area (Å²) in [4.78, 5) is 5.75. The summed E-state index contributed by atoms with van der Waals surface area (Å²) in [6, 6.07) is 0.816. The van der Waals surface area contributed by atoms with Crippen LogP contribution in [0.2, 0.25) is 0 Å². The molecule has 0 fully saturated rings. The Bertz CT molecular complexity index is 355. The third kappa shape index (κ3) is 3.30. The van der Waals surface area contributed by atoms with E-state index in [1.165, 1.54) is 7.05 Å². The summed E-state index contributed by atoms with van der Waals surface area (Å²) in [5.41, 5.74) is 0. The molecule has 0 saturated heterocycles. The maximum atomic E-state index is 13.3. The Labute approximate surface area is 93.7 Å².